The van der Waals surface area contributed by atoms with Gasteiger partial charge in [0.05, 0.1) is 6.61 Å². The van der Waals surface area contributed by atoms with E-state index in [0.29, 0.717) is 12.0 Å². The molecular weight excluding hydrogens is 236 g/mol. The van der Waals surface area contributed by atoms with Crippen molar-refractivity contribution in [3.8, 4) is 5.75 Å². The zero-order valence-electron chi connectivity index (χ0n) is 11.5. The zero-order chi connectivity index (χ0) is 13.1. The smallest absolute Gasteiger partial charge is 0.122 e. The van der Waals surface area contributed by atoms with E-state index in [-0.39, 0.29) is 0 Å². The van der Waals surface area contributed by atoms with Crippen molar-refractivity contribution in [2.45, 2.75) is 50.5 Å². The zero-order valence-corrected chi connectivity index (χ0v) is 11.5. The number of nitrogens with two attached hydrogens (primary N) is 1. The molecule has 19 heavy (non-hydrogen) atoms. The number of fused-ring (bicyclic) bond motifs is 1. The van der Waals surface area contributed by atoms with Crippen LogP contribution in [-0.4, -0.2) is 12.6 Å². The van der Waals surface area contributed by atoms with Crippen molar-refractivity contribution >= 4 is 0 Å². The lowest BCUT2D eigenvalue weighted by atomic mass is 9.75. The molecule has 3 rings (SSSR count). The summed E-state index contributed by atoms with van der Waals surface area (Å²) in [4.78, 5) is 0. The minimum Gasteiger partial charge on any atom is -0.493 e. The Morgan fingerprint density at radius 1 is 1.11 bits per heavy atom. The van der Waals surface area contributed by atoms with Gasteiger partial charge >= 0.3 is 0 Å². The predicted octanol–water partition coefficient (Wildman–Crippen LogP) is 2.96. The monoisotopic (exact) mass is 260 g/mol. The lowest BCUT2D eigenvalue weighted by Crippen LogP contribution is -2.46. The molecule has 1 heterocycles. The van der Waals surface area contributed by atoms with Crippen LogP contribution >= 0.6 is 0 Å². The molecule has 1 aromatic rings. The molecule has 0 spiro atoms. The van der Waals surface area contributed by atoms with Crippen molar-refractivity contribution in [1.29, 1.82) is 0 Å². The van der Waals surface area contributed by atoms with Gasteiger partial charge in [-0.2, -0.15) is 0 Å². The molecule has 1 saturated carbocycles. The number of para-hydroxylation sites is 1. The molecule has 2 aliphatic rings. The van der Waals surface area contributed by atoms with Crippen LogP contribution in [0.5, 0.6) is 5.75 Å². The van der Waals surface area contributed by atoms with Gasteiger partial charge in [0.25, 0.3) is 0 Å². The van der Waals surface area contributed by atoms with Gasteiger partial charge in [0.2, 0.25) is 0 Å². The van der Waals surface area contributed by atoms with Gasteiger partial charge in [0, 0.05) is 12.0 Å². The van der Waals surface area contributed by atoms with Gasteiger partial charge in [-0.3, -0.25) is 11.3 Å². The van der Waals surface area contributed by atoms with Crippen LogP contribution in [0.15, 0.2) is 24.3 Å². The highest BCUT2D eigenvalue weighted by Gasteiger charge is 2.33. The fraction of sp³-hybridized carbons (Fsp3) is 0.625. The summed E-state index contributed by atoms with van der Waals surface area (Å²) in [6.45, 7) is 0.812. The quantitative estimate of drug-likeness (QED) is 0.649. The first-order chi connectivity index (χ1) is 9.40. The summed E-state index contributed by atoms with van der Waals surface area (Å²) < 4.78 is 5.77. The SMILES string of the molecule is NNC(C1CCCCC1)C1CCOc2ccccc21. The summed E-state index contributed by atoms with van der Waals surface area (Å²) in [6.07, 6.45) is 7.80. The molecule has 1 aromatic carbocycles. The summed E-state index contributed by atoms with van der Waals surface area (Å²) >= 11 is 0. The Hall–Kier alpha value is -1.06. The van der Waals surface area contributed by atoms with Gasteiger partial charge < -0.3 is 4.74 Å². The van der Waals surface area contributed by atoms with E-state index in [1.165, 1.54) is 37.7 Å². The molecule has 2 unspecified atom stereocenters. The van der Waals surface area contributed by atoms with E-state index in [0.717, 1.165) is 24.7 Å². The Balaban J connectivity index is 1.83. The first-order valence-corrected chi connectivity index (χ1v) is 7.58. The molecule has 3 N–H and O–H groups in total. The molecule has 0 aromatic heterocycles. The molecule has 1 aliphatic carbocycles. The number of rotatable bonds is 3. The maximum absolute atomic E-state index is 5.90. The maximum Gasteiger partial charge on any atom is 0.122 e. The average Bonchev–Trinajstić information content (AvgIpc) is 2.49. The molecule has 104 valence electrons. The molecule has 3 heteroatoms. The maximum atomic E-state index is 5.90. The van der Waals surface area contributed by atoms with Gasteiger partial charge in [-0.25, -0.2) is 0 Å². The highest BCUT2D eigenvalue weighted by atomic mass is 16.5. The van der Waals surface area contributed by atoms with Crippen molar-refractivity contribution in [3.05, 3.63) is 29.8 Å². The van der Waals surface area contributed by atoms with Gasteiger partial charge in [0.1, 0.15) is 5.75 Å². The first kappa shape index (κ1) is 12.9. The molecule has 0 saturated heterocycles. The second-order valence-corrected chi connectivity index (χ2v) is 5.87. The molecule has 0 bridgehead atoms. The number of ether oxygens (including phenoxy) is 1. The largest absolute Gasteiger partial charge is 0.493 e. The lowest BCUT2D eigenvalue weighted by Gasteiger charge is -2.38. The highest BCUT2D eigenvalue weighted by Crippen LogP contribution is 2.40. The Morgan fingerprint density at radius 2 is 1.89 bits per heavy atom. The fourth-order valence-electron chi connectivity index (χ4n) is 3.82. The molecule has 3 nitrogen and oxygen atoms in total. The van der Waals surface area contributed by atoms with E-state index >= 15 is 0 Å². The predicted molar refractivity (Wildman–Crippen MR) is 77.0 cm³/mol. The van der Waals surface area contributed by atoms with Crippen molar-refractivity contribution in [1.82, 2.24) is 5.43 Å². The first-order valence-electron chi connectivity index (χ1n) is 7.58. The van der Waals surface area contributed by atoms with Crippen molar-refractivity contribution in [2.24, 2.45) is 11.8 Å². The van der Waals surface area contributed by atoms with Gasteiger partial charge in [-0.15, -0.1) is 0 Å². The molecule has 0 radical (unpaired) electrons. The van der Waals surface area contributed by atoms with Crippen molar-refractivity contribution in [3.63, 3.8) is 0 Å². The van der Waals surface area contributed by atoms with E-state index < -0.39 is 0 Å². The Morgan fingerprint density at radius 3 is 2.68 bits per heavy atom. The Kier molecular flexibility index (Phi) is 4.04. The van der Waals surface area contributed by atoms with E-state index in [1.807, 2.05) is 6.07 Å². The van der Waals surface area contributed by atoms with Crippen molar-refractivity contribution < 1.29 is 4.74 Å². The van der Waals surface area contributed by atoms with Gasteiger partial charge in [-0.1, -0.05) is 37.5 Å². The van der Waals surface area contributed by atoms with Crippen LogP contribution < -0.4 is 16.0 Å². The number of nitrogens with one attached hydrogen (secondary N) is 1. The number of hydrogen-bond donors (Lipinski definition) is 2. The highest BCUT2D eigenvalue weighted by molar-refractivity contribution is 5.38. The van der Waals surface area contributed by atoms with E-state index in [2.05, 4.69) is 23.6 Å². The van der Waals surface area contributed by atoms with Crippen LogP contribution in [0.25, 0.3) is 0 Å². The Bertz CT molecular complexity index is 415. The summed E-state index contributed by atoms with van der Waals surface area (Å²) in [5.74, 6) is 8.17. The molecule has 2 atom stereocenters. The number of hydrazine groups is 1. The van der Waals surface area contributed by atoms with E-state index in [1.54, 1.807) is 0 Å². The minimum absolute atomic E-state index is 0.394. The second-order valence-electron chi connectivity index (χ2n) is 5.87. The van der Waals surface area contributed by atoms with Crippen LogP contribution in [0.4, 0.5) is 0 Å². The summed E-state index contributed by atoms with van der Waals surface area (Å²) in [7, 11) is 0. The second kappa shape index (κ2) is 5.93. The standard InChI is InChI=1S/C16H24N2O/c17-18-16(12-6-2-1-3-7-12)14-10-11-19-15-9-5-4-8-13(14)15/h4-5,8-9,12,14,16,18H,1-3,6-7,10-11,17H2. The summed E-state index contributed by atoms with van der Waals surface area (Å²) in [5, 5.41) is 0. The molecule has 1 fully saturated rings. The topological polar surface area (TPSA) is 47.3 Å². The normalized spacial score (nSPS) is 25.4. The summed E-state index contributed by atoms with van der Waals surface area (Å²) in [5.41, 5.74) is 4.46. The third kappa shape index (κ3) is 2.63. The van der Waals surface area contributed by atoms with E-state index in [9.17, 15) is 0 Å². The van der Waals surface area contributed by atoms with Crippen LogP contribution in [-0.2, 0) is 0 Å². The lowest BCUT2D eigenvalue weighted by molar-refractivity contribution is 0.192. The number of hydrogen-bond acceptors (Lipinski definition) is 3. The summed E-state index contributed by atoms with van der Waals surface area (Å²) in [6, 6.07) is 8.83. The van der Waals surface area contributed by atoms with Crippen LogP contribution in [0.1, 0.15) is 50.0 Å². The fourth-order valence-corrected chi connectivity index (χ4v) is 3.82. The van der Waals surface area contributed by atoms with Crippen molar-refractivity contribution in [2.75, 3.05) is 6.61 Å². The van der Waals surface area contributed by atoms with Crippen LogP contribution in [0, 0.1) is 5.92 Å². The molecule has 1 aliphatic heterocycles. The third-order valence-electron chi connectivity index (χ3n) is 4.79. The Labute approximate surface area is 115 Å². The minimum atomic E-state index is 0.394. The number of benzene rings is 1. The van der Waals surface area contributed by atoms with Gasteiger partial charge in [-0.05, 0) is 36.8 Å². The van der Waals surface area contributed by atoms with Gasteiger partial charge in [0.15, 0.2) is 0 Å². The molecular formula is C16H24N2O. The van der Waals surface area contributed by atoms with Crippen LogP contribution in [0.3, 0.4) is 0 Å². The molecule has 0 amide bonds. The van der Waals surface area contributed by atoms with Crippen LogP contribution in [0.2, 0.25) is 0 Å². The van der Waals surface area contributed by atoms with E-state index in [4.69, 9.17) is 10.6 Å². The average molecular weight is 260 g/mol. The third-order valence-corrected chi connectivity index (χ3v) is 4.79.